The molecule has 2 aromatic rings. The number of thiophene rings is 1. The molecule has 1 unspecified atom stereocenters. The number of aromatic nitrogens is 1. The van der Waals surface area contributed by atoms with Gasteiger partial charge < -0.3 is 10.4 Å². The molecule has 1 atom stereocenters. The van der Waals surface area contributed by atoms with Crippen molar-refractivity contribution in [1.29, 1.82) is 0 Å². The molecular weight excluding hydrogens is 308 g/mol. The first-order valence-corrected chi connectivity index (χ1v) is 9.01. The van der Waals surface area contributed by atoms with Crippen LogP contribution in [0.15, 0.2) is 12.1 Å². The average molecular weight is 332 g/mol. The number of amides is 1. The molecule has 1 aliphatic carbocycles. The van der Waals surface area contributed by atoms with Crippen molar-refractivity contribution in [2.45, 2.75) is 40.0 Å². The van der Waals surface area contributed by atoms with Gasteiger partial charge in [0.15, 0.2) is 0 Å². The molecule has 1 amide bonds. The van der Waals surface area contributed by atoms with Gasteiger partial charge in [0.25, 0.3) is 5.91 Å². The number of nitrogens with zero attached hydrogens (tertiary/aromatic N) is 1. The zero-order valence-corrected chi connectivity index (χ0v) is 14.8. The molecule has 124 valence electrons. The van der Waals surface area contributed by atoms with Crippen molar-refractivity contribution >= 4 is 27.5 Å². The summed E-state index contributed by atoms with van der Waals surface area (Å²) in [5.74, 6) is 0.549. The van der Waals surface area contributed by atoms with Gasteiger partial charge in [0.05, 0.1) is 11.5 Å². The van der Waals surface area contributed by atoms with Crippen molar-refractivity contribution in [2.24, 2.45) is 11.3 Å². The summed E-state index contributed by atoms with van der Waals surface area (Å²) in [6, 6.07) is 4.13. The average Bonchev–Trinajstić information content (AvgIpc) is 2.91. The fourth-order valence-corrected chi connectivity index (χ4v) is 4.18. The maximum atomic E-state index is 12.0. The number of hydrogen-bond acceptors (Lipinski definition) is 4. The van der Waals surface area contributed by atoms with Crippen LogP contribution in [0.1, 0.15) is 48.1 Å². The summed E-state index contributed by atoms with van der Waals surface area (Å²) in [5, 5.41) is 12.6. The monoisotopic (exact) mass is 332 g/mol. The summed E-state index contributed by atoms with van der Waals surface area (Å²) in [7, 11) is 0. The van der Waals surface area contributed by atoms with Gasteiger partial charge in [-0.15, -0.1) is 11.3 Å². The van der Waals surface area contributed by atoms with E-state index in [0.717, 1.165) is 23.1 Å². The van der Waals surface area contributed by atoms with Crippen LogP contribution in [-0.4, -0.2) is 29.1 Å². The highest BCUT2D eigenvalue weighted by Crippen LogP contribution is 2.38. The molecule has 1 aliphatic rings. The number of carbonyl (C=O) groups excluding carboxylic acids is 1. The van der Waals surface area contributed by atoms with Crippen molar-refractivity contribution in [1.82, 2.24) is 10.3 Å². The van der Waals surface area contributed by atoms with Gasteiger partial charge in [0, 0.05) is 17.6 Å². The van der Waals surface area contributed by atoms with Crippen LogP contribution >= 0.6 is 11.3 Å². The van der Waals surface area contributed by atoms with Crippen LogP contribution in [0.2, 0.25) is 0 Å². The van der Waals surface area contributed by atoms with Crippen LogP contribution in [0.4, 0.5) is 0 Å². The maximum absolute atomic E-state index is 12.0. The van der Waals surface area contributed by atoms with Crippen molar-refractivity contribution in [3.05, 3.63) is 28.3 Å². The molecule has 3 rings (SSSR count). The molecule has 4 nitrogen and oxygen atoms in total. The molecule has 23 heavy (non-hydrogen) atoms. The SMILES string of the molecule is CC(C)(C)C1CCc2nc3sc(C(=O)NCCO)cc3cc2C1. The summed E-state index contributed by atoms with van der Waals surface area (Å²) in [6.07, 6.45) is 3.28. The van der Waals surface area contributed by atoms with Crippen molar-refractivity contribution in [3.63, 3.8) is 0 Å². The highest BCUT2D eigenvalue weighted by molar-refractivity contribution is 7.20. The zero-order chi connectivity index (χ0) is 16.6. The number of carbonyl (C=O) groups is 1. The number of pyridine rings is 1. The lowest BCUT2D eigenvalue weighted by Gasteiger charge is -2.34. The quantitative estimate of drug-likeness (QED) is 0.907. The summed E-state index contributed by atoms with van der Waals surface area (Å²) in [5.41, 5.74) is 2.85. The third-order valence-corrected chi connectivity index (χ3v) is 5.76. The number of nitrogens with one attached hydrogen (secondary N) is 1. The topological polar surface area (TPSA) is 62.2 Å². The Morgan fingerprint density at radius 1 is 1.43 bits per heavy atom. The van der Waals surface area contributed by atoms with E-state index in [1.54, 1.807) is 0 Å². The van der Waals surface area contributed by atoms with E-state index in [1.165, 1.54) is 29.0 Å². The number of hydrogen-bond donors (Lipinski definition) is 2. The molecule has 0 spiro atoms. The van der Waals surface area contributed by atoms with E-state index < -0.39 is 0 Å². The van der Waals surface area contributed by atoms with E-state index in [0.29, 0.717) is 16.2 Å². The highest BCUT2D eigenvalue weighted by Gasteiger charge is 2.29. The molecule has 2 N–H and O–H groups in total. The van der Waals surface area contributed by atoms with E-state index in [-0.39, 0.29) is 19.1 Å². The Hall–Kier alpha value is -1.46. The molecule has 0 radical (unpaired) electrons. The first-order chi connectivity index (χ1) is 10.9. The van der Waals surface area contributed by atoms with Crippen molar-refractivity contribution in [2.75, 3.05) is 13.2 Å². The second kappa shape index (κ2) is 6.21. The Bertz CT molecular complexity index is 730. The number of rotatable bonds is 3. The highest BCUT2D eigenvalue weighted by atomic mass is 32.1. The molecular formula is C18H24N2O2S. The Kier molecular flexibility index (Phi) is 4.43. The Balaban J connectivity index is 1.89. The van der Waals surface area contributed by atoms with E-state index in [1.807, 2.05) is 6.07 Å². The minimum absolute atomic E-state index is 0.0443. The van der Waals surface area contributed by atoms with Crippen LogP contribution in [-0.2, 0) is 12.8 Å². The largest absolute Gasteiger partial charge is 0.395 e. The van der Waals surface area contributed by atoms with E-state index in [2.05, 4.69) is 32.2 Å². The van der Waals surface area contributed by atoms with Crippen LogP contribution < -0.4 is 5.32 Å². The normalized spacial score (nSPS) is 18.0. The fourth-order valence-electron chi connectivity index (χ4n) is 3.23. The van der Waals surface area contributed by atoms with Crippen molar-refractivity contribution < 1.29 is 9.90 Å². The van der Waals surface area contributed by atoms with E-state index >= 15 is 0 Å². The Morgan fingerprint density at radius 2 is 2.22 bits per heavy atom. The van der Waals surface area contributed by atoms with Crippen LogP contribution in [0.5, 0.6) is 0 Å². The molecule has 0 saturated heterocycles. The molecule has 5 heteroatoms. The first-order valence-electron chi connectivity index (χ1n) is 8.20. The number of fused-ring (bicyclic) bond motifs is 2. The second-order valence-electron chi connectivity index (χ2n) is 7.38. The van der Waals surface area contributed by atoms with Gasteiger partial charge in [0.1, 0.15) is 4.83 Å². The minimum atomic E-state index is -0.132. The molecule has 0 aliphatic heterocycles. The van der Waals surface area contributed by atoms with Gasteiger partial charge in [-0.25, -0.2) is 4.98 Å². The Morgan fingerprint density at radius 3 is 2.91 bits per heavy atom. The van der Waals surface area contributed by atoms with E-state index in [4.69, 9.17) is 10.1 Å². The summed E-state index contributed by atoms with van der Waals surface area (Å²) in [4.78, 5) is 18.4. The Labute approximate surface area is 140 Å². The lowest BCUT2D eigenvalue weighted by atomic mass is 9.71. The number of aliphatic hydroxyl groups is 1. The van der Waals surface area contributed by atoms with Crippen LogP contribution in [0, 0.1) is 11.3 Å². The molecule has 0 saturated carbocycles. The summed E-state index contributed by atoms with van der Waals surface area (Å²) < 4.78 is 0. The summed E-state index contributed by atoms with van der Waals surface area (Å²) in [6.45, 7) is 7.16. The molecule has 2 aromatic heterocycles. The number of aliphatic hydroxyl groups excluding tert-OH is 1. The lowest BCUT2D eigenvalue weighted by Crippen LogP contribution is -2.27. The van der Waals surface area contributed by atoms with Gasteiger partial charge in [-0.05, 0) is 48.3 Å². The van der Waals surface area contributed by atoms with Crippen LogP contribution in [0.25, 0.3) is 10.2 Å². The van der Waals surface area contributed by atoms with Gasteiger partial charge in [-0.3, -0.25) is 4.79 Å². The van der Waals surface area contributed by atoms with Crippen LogP contribution in [0.3, 0.4) is 0 Å². The van der Waals surface area contributed by atoms with E-state index in [9.17, 15) is 4.79 Å². The third-order valence-electron chi connectivity index (χ3n) is 4.72. The third kappa shape index (κ3) is 3.40. The maximum Gasteiger partial charge on any atom is 0.261 e. The van der Waals surface area contributed by atoms with Crippen molar-refractivity contribution in [3.8, 4) is 0 Å². The molecule has 2 heterocycles. The minimum Gasteiger partial charge on any atom is -0.395 e. The smallest absolute Gasteiger partial charge is 0.261 e. The molecule has 0 fully saturated rings. The van der Waals surface area contributed by atoms with Gasteiger partial charge >= 0.3 is 0 Å². The summed E-state index contributed by atoms with van der Waals surface area (Å²) >= 11 is 1.43. The lowest BCUT2D eigenvalue weighted by molar-refractivity contribution is 0.0949. The molecule has 0 aromatic carbocycles. The fraction of sp³-hybridized carbons (Fsp3) is 0.556. The van der Waals surface area contributed by atoms with Gasteiger partial charge in [-0.1, -0.05) is 20.8 Å². The predicted octanol–water partition coefficient (Wildman–Crippen LogP) is 3.17. The van der Waals surface area contributed by atoms with Gasteiger partial charge in [0.2, 0.25) is 0 Å². The number of aryl methyl sites for hydroxylation is 1. The second-order valence-corrected chi connectivity index (χ2v) is 8.42. The predicted molar refractivity (Wildman–Crippen MR) is 94.0 cm³/mol. The first kappa shape index (κ1) is 16.4. The zero-order valence-electron chi connectivity index (χ0n) is 14.0. The molecule has 0 bridgehead atoms. The van der Waals surface area contributed by atoms with Gasteiger partial charge in [-0.2, -0.15) is 0 Å². The standard InChI is InChI=1S/C18H24N2O2S/c1-18(2,3)13-4-5-14-11(9-13)8-12-10-15(23-17(12)20-14)16(22)19-6-7-21/h8,10,13,21H,4-7,9H2,1-3H3,(H,19,22).